The molecule has 0 amide bonds. The Morgan fingerprint density at radius 3 is 2.58 bits per heavy atom. The minimum atomic E-state index is -0.437. The number of rotatable bonds is 6. The summed E-state index contributed by atoms with van der Waals surface area (Å²) < 4.78 is 15.8. The van der Waals surface area contributed by atoms with Crippen LogP contribution in [0.1, 0.15) is 64.5 Å². The van der Waals surface area contributed by atoms with Gasteiger partial charge in [0.15, 0.2) is 5.82 Å². The van der Waals surface area contributed by atoms with Gasteiger partial charge in [-0.25, -0.2) is 19.7 Å². The van der Waals surface area contributed by atoms with E-state index in [1.165, 1.54) is 24.5 Å². The van der Waals surface area contributed by atoms with Gasteiger partial charge in [-0.2, -0.15) is 10.4 Å². The molecule has 0 atom stereocenters. The standard InChI is InChI=1S/C22H25FN8S.2C2H6/c1-27-16-4-6-17(7-5-16)30(26)13-19(25)14-9-20(32-22-18(23)3-2-8-28-22)21-15(10-24)11-29-31(21)12-14;2*1-2/h2-3,8-9,11-13,16-17,27H,4-7,25-26H2,1H3;2*1-2H3/b19-13-;;. The van der Waals surface area contributed by atoms with Crippen LogP contribution in [-0.4, -0.2) is 38.7 Å². The molecule has 5 N–H and O–H groups in total. The van der Waals surface area contributed by atoms with Crippen LogP contribution in [0.3, 0.4) is 0 Å². The van der Waals surface area contributed by atoms with Crippen LogP contribution in [0.4, 0.5) is 4.39 Å². The molecule has 0 bridgehead atoms. The molecule has 194 valence electrons. The van der Waals surface area contributed by atoms with Crippen molar-refractivity contribution in [1.82, 2.24) is 24.9 Å². The molecule has 36 heavy (non-hydrogen) atoms. The lowest BCUT2D eigenvalue weighted by atomic mass is 9.91. The number of nitrogens with two attached hydrogens (primary N) is 2. The molecule has 0 aromatic carbocycles. The lowest BCUT2D eigenvalue weighted by molar-refractivity contribution is 0.202. The minimum Gasteiger partial charge on any atom is -0.397 e. The Balaban J connectivity index is 0.00000109. The second kappa shape index (κ2) is 14.4. The Morgan fingerprint density at radius 2 is 1.97 bits per heavy atom. The van der Waals surface area contributed by atoms with Crippen LogP contribution in [0.25, 0.3) is 11.2 Å². The van der Waals surface area contributed by atoms with Crippen molar-refractivity contribution in [2.75, 3.05) is 7.05 Å². The molecule has 0 unspecified atom stereocenters. The number of pyridine rings is 2. The Morgan fingerprint density at radius 1 is 1.28 bits per heavy atom. The molecular formula is C26H37FN8S. The number of hydrogen-bond acceptors (Lipinski definition) is 8. The molecule has 0 radical (unpaired) electrons. The molecule has 1 aliphatic carbocycles. The normalized spacial score (nSPS) is 17.3. The summed E-state index contributed by atoms with van der Waals surface area (Å²) in [6.45, 7) is 8.00. The molecular weight excluding hydrogens is 475 g/mol. The molecule has 4 rings (SSSR count). The first kappa shape index (κ1) is 29.1. The minimum absolute atomic E-state index is 0.209. The maximum Gasteiger partial charge on any atom is 0.155 e. The van der Waals surface area contributed by atoms with Gasteiger partial charge in [0.1, 0.15) is 11.1 Å². The second-order valence-electron chi connectivity index (χ2n) is 7.77. The van der Waals surface area contributed by atoms with E-state index in [0.29, 0.717) is 33.3 Å². The third-order valence-electron chi connectivity index (χ3n) is 5.78. The van der Waals surface area contributed by atoms with Gasteiger partial charge in [0, 0.05) is 41.1 Å². The van der Waals surface area contributed by atoms with E-state index in [1.54, 1.807) is 21.9 Å². The summed E-state index contributed by atoms with van der Waals surface area (Å²) >= 11 is 1.13. The fourth-order valence-corrected chi connectivity index (χ4v) is 4.93. The molecule has 8 nitrogen and oxygen atoms in total. The van der Waals surface area contributed by atoms with Gasteiger partial charge in [0.25, 0.3) is 0 Å². The molecule has 3 aromatic heterocycles. The van der Waals surface area contributed by atoms with Gasteiger partial charge < -0.3 is 16.1 Å². The highest BCUT2D eigenvalue weighted by atomic mass is 32.2. The summed E-state index contributed by atoms with van der Waals surface area (Å²) in [6, 6.07) is 7.58. The van der Waals surface area contributed by atoms with E-state index >= 15 is 0 Å². The van der Waals surface area contributed by atoms with Crippen molar-refractivity contribution in [3.05, 3.63) is 59.9 Å². The lowest BCUT2D eigenvalue weighted by Crippen LogP contribution is -2.42. The predicted molar refractivity (Wildman–Crippen MR) is 144 cm³/mol. The molecule has 1 fully saturated rings. The molecule has 0 aliphatic heterocycles. The highest BCUT2D eigenvalue weighted by Gasteiger charge is 2.23. The fourth-order valence-electron chi connectivity index (χ4n) is 3.96. The zero-order chi connectivity index (χ0) is 26.7. The summed E-state index contributed by atoms with van der Waals surface area (Å²) in [4.78, 5) is 4.74. The number of fused-ring (bicyclic) bond motifs is 1. The lowest BCUT2D eigenvalue weighted by Gasteiger charge is -2.33. The molecule has 3 aromatic rings. The monoisotopic (exact) mass is 512 g/mol. The quantitative estimate of drug-likeness (QED) is 0.315. The fraction of sp³-hybridized carbons (Fsp3) is 0.423. The highest BCUT2D eigenvalue weighted by molar-refractivity contribution is 7.99. The van der Waals surface area contributed by atoms with Crippen LogP contribution >= 0.6 is 11.8 Å². The van der Waals surface area contributed by atoms with E-state index < -0.39 is 5.82 Å². The number of nitriles is 1. The smallest absolute Gasteiger partial charge is 0.155 e. The summed E-state index contributed by atoms with van der Waals surface area (Å²) in [5.74, 6) is 5.88. The molecule has 3 heterocycles. The van der Waals surface area contributed by atoms with Crippen molar-refractivity contribution >= 4 is 23.0 Å². The summed E-state index contributed by atoms with van der Waals surface area (Å²) in [6.07, 6.45) is 10.6. The summed E-state index contributed by atoms with van der Waals surface area (Å²) in [5, 5.41) is 19.0. The number of nitrogens with zero attached hydrogens (tertiary/aromatic N) is 5. The number of aromatic nitrogens is 3. The van der Waals surface area contributed by atoms with Crippen molar-refractivity contribution in [2.24, 2.45) is 11.6 Å². The van der Waals surface area contributed by atoms with E-state index in [4.69, 9.17) is 11.6 Å². The number of nitrogens with one attached hydrogen (secondary N) is 1. The van der Waals surface area contributed by atoms with Gasteiger partial charge in [0.2, 0.25) is 0 Å². The maximum absolute atomic E-state index is 14.2. The van der Waals surface area contributed by atoms with Gasteiger partial charge >= 0.3 is 0 Å². The zero-order valence-electron chi connectivity index (χ0n) is 21.7. The van der Waals surface area contributed by atoms with Gasteiger partial charge in [-0.15, -0.1) is 0 Å². The SMILES string of the molecule is CC.CC.CNC1CCC(N(N)/C=C(\N)c2cc(Sc3ncccc3F)c3c(C#N)cnn3c2)CC1. The van der Waals surface area contributed by atoms with Gasteiger partial charge in [0.05, 0.1) is 23.0 Å². The predicted octanol–water partition coefficient (Wildman–Crippen LogP) is 4.91. The second-order valence-corrected chi connectivity index (χ2v) is 8.81. The molecule has 10 heteroatoms. The summed E-state index contributed by atoms with van der Waals surface area (Å²) in [5.41, 5.74) is 8.50. The number of hydrazine groups is 1. The van der Waals surface area contributed by atoms with Gasteiger partial charge in [-0.05, 0) is 50.9 Å². The van der Waals surface area contributed by atoms with E-state index in [-0.39, 0.29) is 11.1 Å². The third kappa shape index (κ3) is 6.97. The zero-order valence-corrected chi connectivity index (χ0v) is 22.5. The first-order chi connectivity index (χ1) is 17.5. The van der Waals surface area contributed by atoms with Crippen LogP contribution < -0.4 is 16.9 Å². The highest BCUT2D eigenvalue weighted by Crippen LogP contribution is 2.34. The van der Waals surface area contributed by atoms with Gasteiger partial charge in [-0.3, -0.25) is 0 Å². The maximum atomic E-state index is 14.2. The first-order valence-electron chi connectivity index (χ1n) is 12.4. The molecule has 0 spiro atoms. The number of hydrogen-bond donors (Lipinski definition) is 3. The van der Waals surface area contributed by atoms with Crippen molar-refractivity contribution in [3.8, 4) is 6.07 Å². The molecule has 0 saturated heterocycles. The average Bonchev–Trinajstić information content (AvgIpc) is 3.35. The van der Waals surface area contributed by atoms with Crippen molar-refractivity contribution in [2.45, 2.75) is 75.4 Å². The van der Waals surface area contributed by atoms with Crippen LogP contribution in [-0.2, 0) is 0 Å². The van der Waals surface area contributed by atoms with Crippen molar-refractivity contribution in [1.29, 1.82) is 5.26 Å². The van der Waals surface area contributed by atoms with Crippen LogP contribution in [0.5, 0.6) is 0 Å². The third-order valence-corrected chi connectivity index (χ3v) is 6.80. The van der Waals surface area contributed by atoms with Crippen LogP contribution in [0.15, 0.2) is 52.9 Å². The number of halogens is 1. The Kier molecular flexibility index (Phi) is 11.7. The molecule has 1 saturated carbocycles. The van der Waals surface area contributed by atoms with Crippen molar-refractivity contribution < 1.29 is 4.39 Å². The van der Waals surface area contributed by atoms with E-state index in [9.17, 15) is 9.65 Å². The van der Waals surface area contributed by atoms with E-state index in [0.717, 1.165) is 37.4 Å². The van der Waals surface area contributed by atoms with Crippen LogP contribution in [0.2, 0.25) is 0 Å². The average molecular weight is 513 g/mol. The first-order valence-corrected chi connectivity index (χ1v) is 13.2. The Labute approximate surface area is 217 Å². The topological polar surface area (TPSA) is 121 Å². The van der Waals surface area contributed by atoms with Crippen LogP contribution in [0, 0.1) is 17.1 Å². The summed E-state index contributed by atoms with van der Waals surface area (Å²) in [7, 11) is 1.98. The van der Waals surface area contributed by atoms with Gasteiger partial charge in [-0.1, -0.05) is 39.5 Å². The Bertz CT molecular complexity index is 1180. The van der Waals surface area contributed by atoms with E-state index in [1.807, 2.05) is 40.8 Å². The van der Waals surface area contributed by atoms with E-state index in [2.05, 4.69) is 21.5 Å². The van der Waals surface area contributed by atoms with Crippen molar-refractivity contribution in [3.63, 3.8) is 0 Å². The largest absolute Gasteiger partial charge is 0.397 e. The molecule has 1 aliphatic rings. The Hall–Kier alpha value is -3.13.